The summed E-state index contributed by atoms with van der Waals surface area (Å²) >= 11 is 0. The summed E-state index contributed by atoms with van der Waals surface area (Å²) in [6, 6.07) is 13.4. The van der Waals surface area contributed by atoms with E-state index >= 15 is 0 Å². The minimum Gasteiger partial charge on any atom is -0.436 e. The molecule has 0 amide bonds. The summed E-state index contributed by atoms with van der Waals surface area (Å²) in [7, 11) is 0. The molecule has 0 fully saturated rings. The van der Waals surface area contributed by atoms with Gasteiger partial charge in [-0.3, -0.25) is 0 Å². The number of hydrogen-bond acceptors (Lipinski definition) is 3. The van der Waals surface area contributed by atoms with E-state index in [0.29, 0.717) is 17.3 Å². The van der Waals surface area contributed by atoms with Crippen molar-refractivity contribution >= 4 is 5.69 Å². The van der Waals surface area contributed by atoms with Crippen LogP contribution in [0, 0.1) is 5.82 Å². The van der Waals surface area contributed by atoms with E-state index in [1.165, 1.54) is 12.1 Å². The second-order valence-corrected chi connectivity index (χ2v) is 4.16. The molecule has 2 N–H and O–H groups in total. The fourth-order valence-electron chi connectivity index (χ4n) is 1.83. The van der Waals surface area contributed by atoms with Crippen LogP contribution in [0.5, 0.6) is 0 Å². The van der Waals surface area contributed by atoms with Crippen LogP contribution >= 0.6 is 0 Å². The average molecular weight is 254 g/mol. The largest absolute Gasteiger partial charge is 0.436 e. The molecule has 3 nitrogen and oxygen atoms in total. The first-order valence-corrected chi connectivity index (χ1v) is 5.80. The summed E-state index contributed by atoms with van der Waals surface area (Å²) in [5.74, 6) is 0.809. The highest BCUT2D eigenvalue weighted by molar-refractivity contribution is 5.63. The number of nitrogens with two attached hydrogens (primary N) is 1. The van der Waals surface area contributed by atoms with Crippen molar-refractivity contribution in [2.75, 3.05) is 5.73 Å². The van der Waals surface area contributed by atoms with Crippen molar-refractivity contribution in [2.24, 2.45) is 0 Å². The Morgan fingerprint density at radius 3 is 2.53 bits per heavy atom. The van der Waals surface area contributed by atoms with Crippen LogP contribution in [-0.2, 0) is 0 Å². The first-order valence-electron chi connectivity index (χ1n) is 5.80. The smallest absolute Gasteiger partial charge is 0.226 e. The van der Waals surface area contributed by atoms with Gasteiger partial charge in [-0.15, -0.1) is 0 Å². The van der Waals surface area contributed by atoms with Crippen LogP contribution in [0.15, 0.2) is 59.1 Å². The number of benzene rings is 2. The molecule has 2 aromatic carbocycles. The predicted octanol–water partition coefficient (Wildman–Crippen LogP) is 3.73. The molecule has 0 unspecified atom stereocenters. The maximum absolute atomic E-state index is 12.9. The van der Waals surface area contributed by atoms with Gasteiger partial charge < -0.3 is 10.2 Å². The first-order chi connectivity index (χ1) is 9.22. The molecule has 0 aliphatic heterocycles. The van der Waals surface area contributed by atoms with Crippen molar-refractivity contribution in [3.8, 4) is 22.8 Å². The summed E-state index contributed by atoms with van der Waals surface area (Å²) in [6.07, 6.45) is 1.62. The van der Waals surface area contributed by atoms with Crippen LogP contribution < -0.4 is 5.73 Å². The minimum atomic E-state index is -0.278. The van der Waals surface area contributed by atoms with Gasteiger partial charge in [-0.25, -0.2) is 9.37 Å². The fourth-order valence-corrected chi connectivity index (χ4v) is 1.83. The number of nitrogens with zero attached hydrogens (tertiary/aromatic N) is 1. The third kappa shape index (κ3) is 2.33. The lowest BCUT2D eigenvalue weighted by Gasteiger charge is -1.98. The third-order valence-corrected chi connectivity index (χ3v) is 2.77. The summed E-state index contributed by atoms with van der Waals surface area (Å²) in [5.41, 5.74) is 7.97. The van der Waals surface area contributed by atoms with Crippen LogP contribution in [0.2, 0.25) is 0 Å². The predicted molar refractivity (Wildman–Crippen MR) is 71.7 cm³/mol. The Morgan fingerprint density at radius 1 is 1.00 bits per heavy atom. The molecule has 0 atom stereocenters. The van der Waals surface area contributed by atoms with E-state index in [1.54, 1.807) is 30.5 Å². The molecule has 1 aromatic heterocycles. The highest BCUT2D eigenvalue weighted by Crippen LogP contribution is 2.26. The molecule has 19 heavy (non-hydrogen) atoms. The van der Waals surface area contributed by atoms with E-state index in [4.69, 9.17) is 10.2 Å². The topological polar surface area (TPSA) is 52.0 Å². The van der Waals surface area contributed by atoms with Gasteiger partial charge in [0.05, 0.1) is 6.20 Å². The Hall–Kier alpha value is -2.62. The number of aromatic nitrogens is 1. The van der Waals surface area contributed by atoms with Crippen LogP contribution in [0.1, 0.15) is 0 Å². The number of anilines is 1. The molecule has 0 spiro atoms. The Bertz CT molecular complexity index is 704. The molecular weight excluding hydrogens is 243 g/mol. The Kier molecular flexibility index (Phi) is 2.76. The Balaban J connectivity index is 1.97. The second kappa shape index (κ2) is 4.57. The van der Waals surface area contributed by atoms with Crippen LogP contribution in [0.25, 0.3) is 22.8 Å². The number of halogens is 1. The molecule has 3 aromatic rings. The van der Waals surface area contributed by atoms with Crippen LogP contribution in [-0.4, -0.2) is 4.98 Å². The SMILES string of the molecule is Nc1cccc(-c2ncc(-c3ccc(F)cc3)o2)c1. The van der Waals surface area contributed by atoms with E-state index in [9.17, 15) is 4.39 Å². The van der Waals surface area contributed by atoms with Crippen molar-refractivity contribution in [1.29, 1.82) is 0 Å². The van der Waals surface area contributed by atoms with Gasteiger partial charge in [0.1, 0.15) is 5.82 Å². The van der Waals surface area contributed by atoms with Gasteiger partial charge in [0.15, 0.2) is 5.76 Å². The molecule has 1 heterocycles. The molecule has 0 radical (unpaired) electrons. The van der Waals surface area contributed by atoms with Crippen molar-refractivity contribution in [3.05, 3.63) is 60.5 Å². The van der Waals surface area contributed by atoms with Crippen LogP contribution in [0.4, 0.5) is 10.1 Å². The molecule has 94 valence electrons. The van der Waals surface area contributed by atoms with Gasteiger partial charge in [0, 0.05) is 16.8 Å². The standard InChI is InChI=1S/C15H11FN2O/c16-12-6-4-10(5-7-12)14-9-18-15(19-14)11-2-1-3-13(17)8-11/h1-9H,17H2. The van der Waals surface area contributed by atoms with Gasteiger partial charge in [-0.1, -0.05) is 6.07 Å². The monoisotopic (exact) mass is 254 g/mol. The highest BCUT2D eigenvalue weighted by atomic mass is 19.1. The molecule has 0 saturated heterocycles. The first kappa shape index (κ1) is 11.5. The van der Waals surface area contributed by atoms with Gasteiger partial charge in [-0.2, -0.15) is 0 Å². The zero-order chi connectivity index (χ0) is 13.2. The van der Waals surface area contributed by atoms with E-state index in [2.05, 4.69) is 4.98 Å². The molecule has 0 bridgehead atoms. The number of hydrogen-bond donors (Lipinski definition) is 1. The van der Waals surface area contributed by atoms with E-state index in [1.807, 2.05) is 12.1 Å². The zero-order valence-electron chi connectivity index (χ0n) is 10.0. The van der Waals surface area contributed by atoms with Gasteiger partial charge >= 0.3 is 0 Å². The normalized spacial score (nSPS) is 10.6. The lowest BCUT2D eigenvalue weighted by molar-refractivity contribution is 0.588. The van der Waals surface area contributed by atoms with Crippen molar-refractivity contribution in [1.82, 2.24) is 4.98 Å². The van der Waals surface area contributed by atoms with Crippen molar-refractivity contribution < 1.29 is 8.81 Å². The summed E-state index contributed by atoms with van der Waals surface area (Å²) in [5, 5.41) is 0. The van der Waals surface area contributed by atoms with E-state index < -0.39 is 0 Å². The molecule has 3 rings (SSSR count). The van der Waals surface area contributed by atoms with Crippen molar-refractivity contribution in [3.63, 3.8) is 0 Å². The molecule has 0 aliphatic carbocycles. The summed E-state index contributed by atoms with van der Waals surface area (Å²) < 4.78 is 18.5. The lowest BCUT2D eigenvalue weighted by Crippen LogP contribution is -1.84. The minimum absolute atomic E-state index is 0.278. The molecule has 0 aliphatic rings. The number of rotatable bonds is 2. The van der Waals surface area contributed by atoms with Gasteiger partial charge in [0.25, 0.3) is 0 Å². The van der Waals surface area contributed by atoms with Crippen molar-refractivity contribution in [2.45, 2.75) is 0 Å². The third-order valence-electron chi connectivity index (χ3n) is 2.77. The summed E-state index contributed by atoms with van der Waals surface area (Å²) in [4.78, 5) is 4.21. The summed E-state index contributed by atoms with van der Waals surface area (Å²) in [6.45, 7) is 0. The average Bonchev–Trinajstić information content (AvgIpc) is 2.89. The lowest BCUT2D eigenvalue weighted by atomic mass is 10.2. The number of oxazole rings is 1. The van der Waals surface area contributed by atoms with Gasteiger partial charge in [0.2, 0.25) is 5.89 Å². The van der Waals surface area contributed by atoms with E-state index in [0.717, 1.165) is 11.1 Å². The Morgan fingerprint density at radius 2 is 1.79 bits per heavy atom. The highest BCUT2D eigenvalue weighted by Gasteiger charge is 2.08. The number of nitrogen functional groups attached to an aromatic ring is 1. The fraction of sp³-hybridized carbons (Fsp3) is 0. The quantitative estimate of drug-likeness (QED) is 0.709. The second-order valence-electron chi connectivity index (χ2n) is 4.16. The molecular formula is C15H11FN2O. The molecule has 0 saturated carbocycles. The maximum Gasteiger partial charge on any atom is 0.226 e. The Labute approximate surface area is 109 Å². The zero-order valence-corrected chi connectivity index (χ0v) is 10.0. The van der Waals surface area contributed by atoms with E-state index in [-0.39, 0.29) is 5.82 Å². The van der Waals surface area contributed by atoms with Crippen LogP contribution in [0.3, 0.4) is 0 Å². The molecule has 4 heteroatoms. The maximum atomic E-state index is 12.9. The van der Waals surface area contributed by atoms with Gasteiger partial charge in [-0.05, 0) is 42.5 Å².